The molecule has 0 aliphatic heterocycles. The molecule has 0 amide bonds. The molecule has 0 bridgehead atoms. The first kappa shape index (κ1) is 12.6. The molecule has 1 aromatic heterocycles. The predicted molar refractivity (Wildman–Crippen MR) is 71.9 cm³/mol. The van der Waals surface area contributed by atoms with Crippen molar-refractivity contribution in [2.45, 2.75) is 11.8 Å². The second-order valence-electron chi connectivity index (χ2n) is 4.22. The van der Waals surface area contributed by atoms with Crippen LogP contribution in [-0.2, 0) is 9.84 Å². The Balaban J connectivity index is 2.43. The van der Waals surface area contributed by atoms with Crippen LogP contribution < -0.4 is 5.73 Å². The fraction of sp³-hybridized carbons (Fsp3) is 0.154. The first-order valence-electron chi connectivity index (χ1n) is 5.40. The molecule has 5 heteroatoms. The van der Waals surface area contributed by atoms with Gasteiger partial charge in [0.05, 0.1) is 4.90 Å². The monoisotopic (exact) mass is 262 g/mol. The lowest BCUT2D eigenvalue weighted by atomic mass is 10.1. The van der Waals surface area contributed by atoms with Crippen LogP contribution in [0, 0.1) is 6.92 Å². The van der Waals surface area contributed by atoms with Crippen LogP contribution in [0.25, 0.3) is 11.1 Å². The first-order chi connectivity index (χ1) is 8.38. The number of rotatable bonds is 2. The van der Waals surface area contributed by atoms with Crippen molar-refractivity contribution in [1.29, 1.82) is 0 Å². The van der Waals surface area contributed by atoms with Gasteiger partial charge in [0.2, 0.25) is 0 Å². The quantitative estimate of drug-likeness (QED) is 0.899. The van der Waals surface area contributed by atoms with Gasteiger partial charge in [-0.3, -0.25) is 0 Å². The molecule has 0 spiro atoms. The van der Waals surface area contributed by atoms with Crippen molar-refractivity contribution in [2.24, 2.45) is 0 Å². The maximum absolute atomic E-state index is 11.4. The number of aromatic nitrogens is 1. The molecule has 0 aliphatic rings. The summed E-state index contributed by atoms with van der Waals surface area (Å²) >= 11 is 0. The molecule has 94 valence electrons. The number of anilines is 1. The smallest absolute Gasteiger partial charge is 0.175 e. The van der Waals surface area contributed by atoms with Gasteiger partial charge in [-0.25, -0.2) is 13.4 Å². The molecule has 2 N–H and O–H groups in total. The highest BCUT2D eigenvalue weighted by Gasteiger charge is 2.07. The van der Waals surface area contributed by atoms with Gasteiger partial charge in [-0.15, -0.1) is 0 Å². The van der Waals surface area contributed by atoms with Gasteiger partial charge in [-0.2, -0.15) is 0 Å². The maximum atomic E-state index is 11.4. The highest BCUT2D eigenvalue weighted by Crippen LogP contribution is 2.23. The summed E-state index contributed by atoms with van der Waals surface area (Å²) in [5.74, 6) is 0.506. The van der Waals surface area contributed by atoms with E-state index in [-0.39, 0.29) is 0 Å². The molecule has 0 radical (unpaired) electrons. The Morgan fingerprint density at radius 3 is 2.22 bits per heavy atom. The molecular formula is C13H14N2O2S. The zero-order valence-electron chi connectivity index (χ0n) is 10.2. The van der Waals surface area contributed by atoms with Crippen LogP contribution in [0.15, 0.2) is 41.4 Å². The molecule has 1 heterocycles. The van der Waals surface area contributed by atoms with Crippen LogP contribution in [0.3, 0.4) is 0 Å². The molecule has 0 fully saturated rings. The van der Waals surface area contributed by atoms with E-state index in [0.717, 1.165) is 16.7 Å². The van der Waals surface area contributed by atoms with Crippen LogP contribution in [0.1, 0.15) is 5.56 Å². The molecule has 0 aliphatic carbocycles. The van der Waals surface area contributed by atoms with Crippen molar-refractivity contribution >= 4 is 15.7 Å². The van der Waals surface area contributed by atoms with E-state index in [1.54, 1.807) is 30.5 Å². The normalized spacial score (nSPS) is 11.4. The van der Waals surface area contributed by atoms with E-state index in [2.05, 4.69) is 4.98 Å². The molecule has 4 nitrogen and oxygen atoms in total. The van der Waals surface area contributed by atoms with Crippen molar-refractivity contribution in [1.82, 2.24) is 4.98 Å². The number of nitrogen functional groups attached to an aromatic ring is 1. The minimum atomic E-state index is -3.15. The van der Waals surface area contributed by atoms with Crippen molar-refractivity contribution in [2.75, 3.05) is 12.0 Å². The number of nitrogens with zero attached hydrogens (tertiary/aromatic N) is 1. The lowest BCUT2D eigenvalue weighted by molar-refractivity contribution is 0.602. The number of hydrogen-bond donors (Lipinski definition) is 1. The Bertz CT molecular complexity index is 677. The van der Waals surface area contributed by atoms with Crippen LogP contribution in [0.4, 0.5) is 5.82 Å². The van der Waals surface area contributed by atoms with Crippen molar-refractivity contribution in [3.63, 3.8) is 0 Å². The SMILES string of the molecule is Cc1cc(-c2ccc(S(C)(=O)=O)cc2)cnc1N. The summed E-state index contributed by atoms with van der Waals surface area (Å²) in [6.45, 7) is 1.89. The van der Waals surface area contributed by atoms with Gasteiger partial charge >= 0.3 is 0 Å². The summed E-state index contributed by atoms with van der Waals surface area (Å²) in [6, 6.07) is 8.65. The molecule has 0 saturated heterocycles. The van der Waals surface area contributed by atoms with Gasteiger partial charge in [-0.1, -0.05) is 12.1 Å². The molecule has 2 rings (SSSR count). The van der Waals surface area contributed by atoms with E-state index < -0.39 is 9.84 Å². The average molecular weight is 262 g/mol. The predicted octanol–water partition coefficient (Wildman–Crippen LogP) is 2.04. The van der Waals surface area contributed by atoms with Crippen LogP contribution in [0.2, 0.25) is 0 Å². The Morgan fingerprint density at radius 2 is 1.72 bits per heavy atom. The number of sulfone groups is 1. The van der Waals surface area contributed by atoms with E-state index in [0.29, 0.717) is 10.7 Å². The van der Waals surface area contributed by atoms with Gasteiger partial charge in [0.25, 0.3) is 0 Å². The molecule has 0 saturated carbocycles. The zero-order chi connectivity index (χ0) is 13.3. The largest absolute Gasteiger partial charge is 0.383 e. The van der Waals surface area contributed by atoms with E-state index in [4.69, 9.17) is 5.73 Å². The van der Waals surface area contributed by atoms with E-state index >= 15 is 0 Å². The summed E-state index contributed by atoms with van der Waals surface area (Å²) in [4.78, 5) is 4.40. The standard InChI is InChI=1S/C13H14N2O2S/c1-9-7-11(8-15-13(9)14)10-3-5-12(6-4-10)18(2,16)17/h3-8H,1-2H3,(H2,14,15). The average Bonchev–Trinajstić information content (AvgIpc) is 2.32. The second-order valence-corrected chi connectivity index (χ2v) is 6.24. The van der Waals surface area contributed by atoms with E-state index in [1.807, 2.05) is 13.0 Å². The van der Waals surface area contributed by atoms with Gasteiger partial charge in [0.15, 0.2) is 9.84 Å². The lowest BCUT2D eigenvalue weighted by Crippen LogP contribution is -1.97. The Labute approximate surface area is 106 Å². The Kier molecular flexibility index (Phi) is 3.09. The van der Waals surface area contributed by atoms with Crippen LogP contribution in [0.5, 0.6) is 0 Å². The molecule has 1 aromatic carbocycles. The number of benzene rings is 1. The number of pyridine rings is 1. The van der Waals surface area contributed by atoms with Crippen molar-refractivity contribution < 1.29 is 8.42 Å². The summed E-state index contributed by atoms with van der Waals surface area (Å²) < 4.78 is 22.7. The molecule has 2 aromatic rings. The molecule has 0 unspecified atom stereocenters. The van der Waals surface area contributed by atoms with Crippen molar-refractivity contribution in [3.8, 4) is 11.1 Å². The summed E-state index contributed by atoms with van der Waals surface area (Å²) in [5, 5.41) is 0. The Hall–Kier alpha value is -1.88. The number of nitrogens with two attached hydrogens (primary N) is 1. The third kappa shape index (κ3) is 2.51. The molecular weight excluding hydrogens is 248 g/mol. The summed E-state index contributed by atoms with van der Waals surface area (Å²) in [7, 11) is -3.15. The summed E-state index contributed by atoms with van der Waals surface area (Å²) in [6.07, 6.45) is 2.87. The summed E-state index contributed by atoms with van der Waals surface area (Å²) in [5.41, 5.74) is 8.39. The zero-order valence-corrected chi connectivity index (χ0v) is 11.0. The third-order valence-corrected chi connectivity index (χ3v) is 3.86. The fourth-order valence-corrected chi connectivity index (χ4v) is 2.27. The number of hydrogen-bond acceptors (Lipinski definition) is 4. The Morgan fingerprint density at radius 1 is 1.11 bits per heavy atom. The van der Waals surface area contributed by atoms with Gasteiger partial charge in [0.1, 0.15) is 5.82 Å². The van der Waals surface area contributed by atoms with Crippen LogP contribution in [-0.4, -0.2) is 19.7 Å². The molecule has 18 heavy (non-hydrogen) atoms. The topological polar surface area (TPSA) is 73.0 Å². The van der Waals surface area contributed by atoms with Gasteiger partial charge in [0, 0.05) is 18.0 Å². The van der Waals surface area contributed by atoms with E-state index in [9.17, 15) is 8.42 Å². The van der Waals surface area contributed by atoms with Gasteiger partial charge < -0.3 is 5.73 Å². The van der Waals surface area contributed by atoms with Crippen LogP contribution >= 0.6 is 0 Å². The van der Waals surface area contributed by atoms with Crippen molar-refractivity contribution in [3.05, 3.63) is 42.1 Å². The first-order valence-corrected chi connectivity index (χ1v) is 7.29. The maximum Gasteiger partial charge on any atom is 0.175 e. The second kappa shape index (κ2) is 4.42. The lowest BCUT2D eigenvalue weighted by Gasteiger charge is -2.05. The fourth-order valence-electron chi connectivity index (χ4n) is 1.64. The number of aryl methyl sites for hydroxylation is 1. The highest BCUT2D eigenvalue weighted by atomic mass is 32.2. The highest BCUT2D eigenvalue weighted by molar-refractivity contribution is 7.90. The van der Waals surface area contributed by atoms with E-state index in [1.165, 1.54) is 6.26 Å². The van der Waals surface area contributed by atoms with Gasteiger partial charge in [-0.05, 0) is 36.2 Å². The third-order valence-electron chi connectivity index (χ3n) is 2.73. The minimum absolute atomic E-state index is 0.311. The minimum Gasteiger partial charge on any atom is -0.383 e. The molecule has 0 atom stereocenters.